The number of aromatic nitrogens is 2. The van der Waals surface area contributed by atoms with Gasteiger partial charge in [-0.1, -0.05) is 0 Å². The Morgan fingerprint density at radius 1 is 1.38 bits per heavy atom. The molecule has 2 aromatic rings. The van der Waals surface area contributed by atoms with Gasteiger partial charge in [-0.15, -0.1) is 11.8 Å². The molecule has 0 saturated carbocycles. The maximum Gasteiger partial charge on any atom is 0.0995 e. The molecule has 16 heavy (non-hydrogen) atoms. The lowest BCUT2D eigenvalue weighted by Gasteiger charge is -2.11. The number of aryl methyl sites for hydroxylation is 1. The summed E-state index contributed by atoms with van der Waals surface area (Å²) in [6, 6.07) is 6.32. The molecule has 80 valence electrons. The second kappa shape index (κ2) is 3.79. The van der Waals surface area contributed by atoms with Crippen LogP contribution in [0.2, 0.25) is 0 Å². The number of imidazole rings is 1. The largest absolute Gasteiger partial charge is 0.306 e. The molecule has 1 aliphatic heterocycles. The number of hydrogen-bond acceptors (Lipinski definition) is 3. The van der Waals surface area contributed by atoms with Crippen LogP contribution in [0.1, 0.15) is 11.3 Å². The fourth-order valence-electron chi connectivity index (χ4n) is 1.76. The minimum atomic E-state index is 1.00. The Morgan fingerprint density at radius 2 is 2.31 bits per heavy atom. The molecular weight excluding hydrogens is 218 g/mol. The molecule has 0 unspecified atom stereocenters. The Hall–Kier alpha value is -1.55. The highest BCUT2D eigenvalue weighted by atomic mass is 32.2. The van der Waals surface area contributed by atoms with Crippen LogP contribution in [0.15, 0.2) is 35.7 Å². The summed E-state index contributed by atoms with van der Waals surface area (Å²) < 4.78 is 2.04. The fraction of sp³-hybridized carbons (Fsp3) is 0.167. The maximum atomic E-state index is 4.35. The van der Waals surface area contributed by atoms with Crippen molar-refractivity contribution in [1.29, 1.82) is 0 Å². The third-order valence-electron chi connectivity index (χ3n) is 2.58. The predicted molar refractivity (Wildman–Crippen MR) is 67.7 cm³/mol. The van der Waals surface area contributed by atoms with E-state index < -0.39 is 0 Å². The Morgan fingerprint density at radius 3 is 3.12 bits per heavy atom. The van der Waals surface area contributed by atoms with Crippen LogP contribution in [0, 0.1) is 6.92 Å². The van der Waals surface area contributed by atoms with E-state index in [2.05, 4.69) is 28.2 Å². The van der Waals surface area contributed by atoms with Crippen molar-refractivity contribution in [1.82, 2.24) is 9.55 Å². The fourth-order valence-corrected chi connectivity index (χ4v) is 2.43. The second-order valence-corrected chi connectivity index (χ2v) is 4.61. The van der Waals surface area contributed by atoms with Crippen molar-refractivity contribution in [3.63, 3.8) is 0 Å². The highest BCUT2D eigenvalue weighted by Crippen LogP contribution is 2.29. The summed E-state index contributed by atoms with van der Waals surface area (Å²) in [6.07, 6.45) is 3.87. The Labute approximate surface area is 98.2 Å². The van der Waals surface area contributed by atoms with E-state index in [1.54, 1.807) is 11.8 Å². The summed E-state index contributed by atoms with van der Waals surface area (Å²) >= 11 is 1.73. The molecule has 0 radical (unpaired) electrons. The van der Waals surface area contributed by atoms with Crippen molar-refractivity contribution in [3.8, 4) is 5.69 Å². The lowest BCUT2D eigenvalue weighted by atomic mass is 10.2. The standard InChI is InChI=1S/C12H11N3S/c1-9-5-15(7-13-9)11-2-3-12-10(4-11)6-16-8-14-12/h2-5,7-8H,6H2,1H3. The highest BCUT2D eigenvalue weighted by Gasteiger charge is 2.07. The summed E-state index contributed by atoms with van der Waals surface area (Å²) in [5, 5.41) is 0. The summed E-state index contributed by atoms with van der Waals surface area (Å²) in [6.45, 7) is 2.00. The van der Waals surface area contributed by atoms with Gasteiger partial charge in [0.15, 0.2) is 0 Å². The Bertz CT molecular complexity index is 557. The summed E-state index contributed by atoms with van der Waals surface area (Å²) in [7, 11) is 0. The average molecular weight is 229 g/mol. The summed E-state index contributed by atoms with van der Waals surface area (Å²) in [5.74, 6) is 1.00. The third-order valence-corrected chi connectivity index (χ3v) is 3.31. The molecule has 0 spiro atoms. The van der Waals surface area contributed by atoms with Crippen molar-refractivity contribution in [2.75, 3.05) is 0 Å². The number of thioether (sulfide) groups is 1. The number of aliphatic imine (C=N–C) groups is 1. The van der Waals surface area contributed by atoms with Crippen LogP contribution in [-0.4, -0.2) is 15.1 Å². The molecule has 0 fully saturated rings. The summed E-state index contributed by atoms with van der Waals surface area (Å²) in [5.41, 5.74) is 6.46. The summed E-state index contributed by atoms with van der Waals surface area (Å²) in [4.78, 5) is 8.58. The third kappa shape index (κ3) is 1.65. The van der Waals surface area contributed by atoms with Gasteiger partial charge in [0.2, 0.25) is 0 Å². The molecule has 0 N–H and O–H groups in total. The molecule has 0 aliphatic carbocycles. The second-order valence-electron chi connectivity index (χ2n) is 3.78. The van der Waals surface area contributed by atoms with E-state index in [1.165, 1.54) is 5.56 Å². The molecule has 1 aromatic heterocycles. The first kappa shape index (κ1) is 9.66. The van der Waals surface area contributed by atoms with E-state index in [-0.39, 0.29) is 0 Å². The van der Waals surface area contributed by atoms with Gasteiger partial charge in [0, 0.05) is 17.6 Å². The van der Waals surface area contributed by atoms with E-state index in [1.807, 2.05) is 29.6 Å². The first-order valence-corrected chi connectivity index (χ1v) is 6.16. The predicted octanol–water partition coefficient (Wildman–Crippen LogP) is 3.09. The van der Waals surface area contributed by atoms with Gasteiger partial charge in [-0.3, -0.25) is 0 Å². The van der Waals surface area contributed by atoms with Gasteiger partial charge in [0.25, 0.3) is 0 Å². The zero-order valence-electron chi connectivity index (χ0n) is 8.92. The van der Waals surface area contributed by atoms with Crippen LogP contribution in [0.25, 0.3) is 5.69 Å². The smallest absolute Gasteiger partial charge is 0.0995 e. The van der Waals surface area contributed by atoms with Crippen molar-refractivity contribution in [2.24, 2.45) is 4.99 Å². The molecule has 0 amide bonds. The van der Waals surface area contributed by atoms with Crippen LogP contribution >= 0.6 is 11.8 Å². The number of benzene rings is 1. The van der Waals surface area contributed by atoms with Crippen LogP contribution < -0.4 is 0 Å². The highest BCUT2D eigenvalue weighted by molar-refractivity contribution is 8.11. The topological polar surface area (TPSA) is 30.2 Å². The first-order chi connectivity index (χ1) is 7.83. The van der Waals surface area contributed by atoms with E-state index in [0.29, 0.717) is 0 Å². The molecule has 3 rings (SSSR count). The van der Waals surface area contributed by atoms with Gasteiger partial charge in [0.1, 0.15) is 0 Å². The normalized spacial score (nSPS) is 13.8. The molecule has 3 nitrogen and oxygen atoms in total. The number of fused-ring (bicyclic) bond motifs is 1. The van der Waals surface area contributed by atoms with Gasteiger partial charge in [-0.2, -0.15) is 0 Å². The van der Waals surface area contributed by atoms with Crippen molar-refractivity contribution in [3.05, 3.63) is 42.0 Å². The zero-order valence-corrected chi connectivity index (χ0v) is 9.74. The maximum absolute atomic E-state index is 4.35. The van der Waals surface area contributed by atoms with Crippen molar-refractivity contribution < 1.29 is 0 Å². The van der Waals surface area contributed by atoms with Gasteiger partial charge in [0.05, 0.1) is 23.3 Å². The Balaban J connectivity index is 2.06. The zero-order chi connectivity index (χ0) is 11.0. The molecule has 0 saturated heterocycles. The van der Waals surface area contributed by atoms with Gasteiger partial charge < -0.3 is 4.57 Å². The molecule has 1 aromatic carbocycles. The van der Waals surface area contributed by atoms with Crippen LogP contribution in [-0.2, 0) is 5.75 Å². The minimum absolute atomic E-state index is 1.00. The molecule has 0 atom stereocenters. The van der Waals surface area contributed by atoms with E-state index in [0.717, 1.165) is 22.8 Å². The molecule has 2 heterocycles. The van der Waals surface area contributed by atoms with Crippen LogP contribution in [0.4, 0.5) is 5.69 Å². The number of hydrogen-bond donors (Lipinski definition) is 0. The van der Waals surface area contributed by atoms with Crippen molar-refractivity contribution >= 4 is 23.0 Å². The van der Waals surface area contributed by atoms with E-state index in [4.69, 9.17) is 0 Å². The average Bonchev–Trinajstić information content (AvgIpc) is 2.75. The molecule has 0 bridgehead atoms. The minimum Gasteiger partial charge on any atom is -0.306 e. The van der Waals surface area contributed by atoms with E-state index in [9.17, 15) is 0 Å². The number of nitrogens with zero attached hydrogens (tertiary/aromatic N) is 3. The molecule has 1 aliphatic rings. The van der Waals surface area contributed by atoms with Gasteiger partial charge >= 0.3 is 0 Å². The monoisotopic (exact) mass is 229 g/mol. The van der Waals surface area contributed by atoms with Gasteiger partial charge in [-0.05, 0) is 30.7 Å². The first-order valence-electron chi connectivity index (χ1n) is 5.11. The van der Waals surface area contributed by atoms with Crippen molar-refractivity contribution in [2.45, 2.75) is 12.7 Å². The Kier molecular flexibility index (Phi) is 2.29. The quantitative estimate of drug-likeness (QED) is 0.752. The van der Waals surface area contributed by atoms with Crippen LogP contribution in [0.3, 0.4) is 0 Å². The molecule has 4 heteroatoms. The van der Waals surface area contributed by atoms with Gasteiger partial charge in [-0.25, -0.2) is 9.98 Å². The lowest BCUT2D eigenvalue weighted by Crippen LogP contribution is -1.94. The number of rotatable bonds is 1. The molecular formula is C12H11N3S. The lowest BCUT2D eigenvalue weighted by molar-refractivity contribution is 1.05. The van der Waals surface area contributed by atoms with E-state index >= 15 is 0 Å². The SMILES string of the molecule is Cc1cn(-c2ccc3c(c2)CSC=N3)cn1. The van der Waals surface area contributed by atoms with Crippen LogP contribution in [0.5, 0.6) is 0 Å².